The van der Waals surface area contributed by atoms with Crippen LogP contribution in [0.3, 0.4) is 0 Å². The van der Waals surface area contributed by atoms with Gasteiger partial charge >= 0.3 is 0 Å². The Kier molecular flexibility index (Phi) is 6.90. The lowest BCUT2D eigenvalue weighted by Gasteiger charge is -2.42. The van der Waals surface area contributed by atoms with Gasteiger partial charge in [0.15, 0.2) is 0 Å². The van der Waals surface area contributed by atoms with Gasteiger partial charge in [-0.05, 0) is 32.6 Å². The molecule has 0 aromatic heterocycles. The van der Waals surface area contributed by atoms with Crippen LogP contribution in [0.4, 0.5) is 0 Å². The fourth-order valence-corrected chi connectivity index (χ4v) is 4.46. The Morgan fingerprint density at radius 3 is 2.26 bits per heavy atom. The first-order valence-corrected chi connectivity index (χ1v) is 9.98. The molecule has 1 aliphatic heterocycles. The van der Waals surface area contributed by atoms with E-state index in [4.69, 9.17) is 5.73 Å². The largest absolute Gasteiger partial charge is 0.342 e. The third-order valence-corrected chi connectivity index (χ3v) is 6.71. The summed E-state index contributed by atoms with van der Waals surface area (Å²) >= 11 is 0. The standard InChI is InChI=1S/C15H29N3O3S.ClH/c1-15(16)9-5-4-6-13(15)14(19)18-10-7-12(8-11-18)17(2)22(3,20)21;/h12-13H,4-11,16H2,1-3H3;1H. The maximum atomic E-state index is 12.8. The highest BCUT2D eigenvalue weighted by atomic mass is 35.5. The van der Waals surface area contributed by atoms with Gasteiger partial charge in [-0.2, -0.15) is 0 Å². The smallest absolute Gasteiger partial charge is 0.227 e. The van der Waals surface area contributed by atoms with Gasteiger partial charge in [0.2, 0.25) is 15.9 Å². The number of amides is 1. The first kappa shape index (κ1) is 20.7. The summed E-state index contributed by atoms with van der Waals surface area (Å²) in [7, 11) is -1.55. The fraction of sp³-hybridized carbons (Fsp3) is 0.933. The molecular formula is C15H30ClN3O3S. The van der Waals surface area contributed by atoms with Crippen LogP contribution in [-0.4, -0.2) is 61.5 Å². The Morgan fingerprint density at radius 1 is 1.22 bits per heavy atom. The summed E-state index contributed by atoms with van der Waals surface area (Å²) in [6.45, 7) is 3.23. The minimum absolute atomic E-state index is 0. The SMILES string of the molecule is CN(C1CCN(C(=O)C2CCCCC2(C)N)CC1)S(C)(=O)=O.Cl. The molecular weight excluding hydrogens is 338 g/mol. The average molecular weight is 368 g/mol. The number of hydrogen-bond donors (Lipinski definition) is 1. The highest BCUT2D eigenvalue weighted by Crippen LogP contribution is 2.33. The topological polar surface area (TPSA) is 83.7 Å². The molecule has 0 spiro atoms. The summed E-state index contributed by atoms with van der Waals surface area (Å²) in [6, 6.07) is -0.00494. The van der Waals surface area contributed by atoms with Crippen LogP contribution >= 0.6 is 12.4 Å². The molecule has 0 bridgehead atoms. The van der Waals surface area contributed by atoms with Crippen molar-refractivity contribution in [3.05, 3.63) is 0 Å². The molecule has 2 N–H and O–H groups in total. The quantitative estimate of drug-likeness (QED) is 0.812. The van der Waals surface area contributed by atoms with Crippen molar-refractivity contribution in [2.24, 2.45) is 11.7 Å². The molecule has 2 atom stereocenters. The molecule has 1 aliphatic carbocycles. The van der Waals surface area contributed by atoms with E-state index in [9.17, 15) is 13.2 Å². The van der Waals surface area contributed by atoms with Crippen molar-refractivity contribution in [3.63, 3.8) is 0 Å². The summed E-state index contributed by atoms with van der Waals surface area (Å²) in [5, 5.41) is 0. The van der Waals surface area contributed by atoms with E-state index < -0.39 is 15.6 Å². The molecule has 2 unspecified atom stereocenters. The second-order valence-electron chi connectivity index (χ2n) is 7.14. The van der Waals surface area contributed by atoms with Crippen molar-refractivity contribution in [1.29, 1.82) is 0 Å². The summed E-state index contributed by atoms with van der Waals surface area (Å²) in [6.07, 6.45) is 6.55. The average Bonchev–Trinajstić information content (AvgIpc) is 2.44. The number of piperidine rings is 1. The van der Waals surface area contributed by atoms with E-state index in [1.54, 1.807) is 7.05 Å². The van der Waals surface area contributed by atoms with E-state index in [-0.39, 0.29) is 30.3 Å². The second kappa shape index (κ2) is 7.68. The van der Waals surface area contributed by atoms with E-state index >= 15 is 0 Å². The van der Waals surface area contributed by atoms with E-state index in [0.717, 1.165) is 25.7 Å². The van der Waals surface area contributed by atoms with Gasteiger partial charge in [0, 0.05) is 31.7 Å². The predicted molar refractivity (Wildman–Crippen MR) is 94.0 cm³/mol. The number of hydrogen-bond acceptors (Lipinski definition) is 4. The summed E-state index contributed by atoms with van der Waals surface area (Å²) < 4.78 is 24.6. The number of carbonyl (C=O) groups excluding carboxylic acids is 1. The lowest BCUT2D eigenvalue weighted by atomic mass is 9.74. The molecule has 23 heavy (non-hydrogen) atoms. The predicted octanol–water partition coefficient (Wildman–Crippen LogP) is 1.20. The molecule has 2 fully saturated rings. The highest BCUT2D eigenvalue weighted by Gasteiger charge is 2.40. The van der Waals surface area contributed by atoms with Gasteiger partial charge in [-0.15, -0.1) is 12.4 Å². The zero-order chi connectivity index (χ0) is 16.5. The normalized spacial score (nSPS) is 30.1. The number of carbonyl (C=O) groups is 1. The van der Waals surface area contributed by atoms with Gasteiger partial charge in [-0.3, -0.25) is 4.79 Å². The van der Waals surface area contributed by atoms with E-state index in [1.165, 1.54) is 10.6 Å². The van der Waals surface area contributed by atoms with Crippen molar-refractivity contribution in [2.75, 3.05) is 26.4 Å². The lowest BCUT2D eigenvalue weighted by molar-refractivity contribution is -0.140. The van der Waals surface area contributed by atoms with Gasteiger partial charge in [-0.25, -0.2) is 12.7 Å². The minimum Gasteiger partial charge on any atom is -0.342 e. The van der Waals surface area contributed by atoms with E-state index in [2.05, 4.69) is 0 Å². The molecule has 0 aromatic rings. The molecule has 1 heterocycles. The number of rotatable bonds is 3. The molecule has 1 amide bonds. The van der Waals surface area contributed by atoms with Gasteiger partial charge in [0.25, 0.3) is 0 Å². The van der Waals surface area contributed by atoms with Gasteiger partial charge in [0.05, 0.1) is 12.2 Å². The van der Waals surface area contributed by atoms with Crippen molar-refractivity contribution < 1.29 is 13.2 Å². The fourth-order valence-electron chi connectivity index (χ4n) is 3.70. The zero-order valence-electron chi connectivity index (χ0n) is 14.3. The summed E-state index contributed by atoms with van der Waals surface area (Å²) in [4.78, 5) is 14.6. The van der Waals surface area contributed by atoms with Crippen LogP contribution in [0.25, 0.3) is 0 Å². The van der Waals surface area contributed by atoms with Gasteiger partial charge in [0.1, 0.15) is 0 Å². The maximum absolute atomic E-state index is 12.8. The molecule has 2 rings (SSSR count). The monoisotopic (exact) mass is 367 g/mol. The van der Waals surface area contributed by atoms with Crippen molar-refractivity contribution in [3.8, 4) is 0 Å². The Balaban J connectivity index is 0.00000264. The molecule has 2 aliphatic rings. The Bertz CT molecular complexity index is 516. The van der Waals surface area contributed by atoms with Crippen LogP contribution in [0, 0.1) is 5.92 Å². The Labute approximate surface area is 146 Å². The van der Waals surface area contributed by atoms with Crippen LogP contribution in [0.2, 0.25) is 0 Å². The first-order chi connectivity index (χ1) is 10.1. The van der Waals surface area contributed by atoms with Crippen LogP contribution in [0.15, 0.2) is 0 Å². The third kappa shape index (κ3) is 4.81. The number of nitrogens with zero attached hydrogens (tertiary/aromatic N) is 2. The van der Waals surface area contributed by atoms with Gasteiger partial charge < -0.3 is 10.6 Å². The first-order valence-electron chi connectivity index (χ1n) is 8.13. The molecule has 1 saturated carbocycles. The lowest BCUT2D eigenvalue weighted by Crippen LogP contribution is -2.56. The molecule has 1 saturated heterocycles. The van der Waals surface area contributed by atoms with Crippen LogP contribution < -0.4 is 5.73 Å². The van der Waals surface area contributed by atoms with E-state index in [0.29, 0.717) is 25.9 Å². The second-order valence-corrected chi connectivity index (χ2v) is 9.18. The molecule has 0 radical (unpaired) electrons. The molecule has 136 valence electrons. The summed E-state index contributed by atoms with van der Waals surface area (Å²) in [5.74, 6) is 0.0654. The Morgan fingerprint density at radius 2 is 1.78 bits per heavy atom. The number of sulfonamides is 1. The van der Waals surface area contributed by atoms with E-state index in [1.807, 2.05) is 11.8 Å². The number of halogens is 1. The number of likely N-dealkylation sites (tertiary alicyclic amines) is 1. The number of nitrogens with two attached hydrogens (primary N) is 1. The van der Waals surface area contributed by atoms with Gasteiger partial charge in [-0.1, -0.05) is 12.8 Å². The van der Waals surface area contributed by atoms with Crippen LogP contribution in [0.1, 0.15) is 45.4 Å². The van der Waals surface area contributed by atoms with Crippen LogP contribution in [-0.2, 0) is 14.8 Å². The third-order valence-electron chi connectivity index (χ3n) is 5.37. The van der Waals surface area contributed by atoms with Crippen LogP contribution in [0.5, 0.6) is 0 Å². The van der Waals surface area contributed by atoms with Crippen molar-refractivity contribution in [1.82, 2.24) is 9.21 Å². The maximum Gasteiger partial charge on any atom is 0.227 e. The highest BCUT2D eigenvalue weighted by molar-refractivity contribution is 7.88. The zero-order valence-corrected chi connectivity index (χ0v) is 16.0. The van der Waals surface area contributed by atoms with Crippen molar-refractivity contribution >= 4 is 28.3 Å². The molecule has 0 aromatic carbocycles. The minimum atomic E-state index is -3.17. The molecule has 6 nitrogen and oxygen atoms in total. The molecule has 8 heteroatoms. The Hall–Kier alpha value is -0.370. The summed E-state index contributed by atoms with van der Waals surface area (Å²) in [5.41, 5.74) is 5.92. The van der Waals surface area contributed by atoms with Crippen molar-refractivity contribution in [2.45, 2.75) is 57.0 Å².